The summed E-state index contributed by atoms with van der Waals surface area (Å²) in [7, 11) is -1.04. The Kier molecular flexibility index (Phi) is 4.04. The lowest BCUT2D eigenvalue weighted by atomic mass is 10.2. The summed E-state index contributed by atoms with van der Waals surface area (Å²) < 4.78 is 32.3. The molecule has 6 nitrogen and oxygen atoms in total. The second kappa shape index (κ2) is 6.23. The van der Waals surface area contributed by atoms with Crippen LogP contribution >= 0.6 is 15.9 Å². The zero-order valence-electron chi connectivity index (χ0n) is 12.7. The molecule has 0 bridgehead atoms. The lowest BCUT2D eigenvalue weighted by molar-refractivity contribution is 0.0994. The van der Waals surface area contributed by atoms with Crippen LogP contribution in [0.1, 0.15) is 21.8 Å². The third kappa shape index (κ3) is 3.05. The molecule has 1 N–H and O–H groups in total. The normalized spacial score (nSPS) is 16.0. The van der Waals surface area contributed by atoms with Crippen LogP contribution < -0.4 is 5.32 Å². The molecule has 0 spiro atoms. The molecule has 1 aromatic carbocycles. The number of nitrogens with zero attached hydrogens (tertiary/aromatic N) is 2. The maximum Gasteiger partial charge on any atom is 0.292 e. The number of rotatable bonds is 3. The number of hydrogen-bond acceptors (Lipinski definition) is 4. The van der Waals surface area contributed by atoms with Gasteiger partial charge in [0.2, 0.25) is 0 Å². The maximum absolute atomic E-state index is 13.2. The van der Waals surface area contributed by atoms with Crippen LogP contribution in [0.25, 0.3) is 5.69 Å². The molecule has 4 rings (SSSR count). The fourth-order valence-electron chi connectivity index (χ4n) is 2.63. The number of hydrogen-bond donors (Lipinski definition) is 1. The first kappa shape index (κ1) is 16.2. The number of carbonyl (C=O) groups is 1. The Bertz CT molecular complexity index is 997. The van der Waals surface area contributed by atoms with E-state index in [1.165, 1.54) is 22.9 Å². The molecule has 3 heterocycles. The van der Waals surface area contributed by atoms with Crippen LogP contribution in [0.2, 0.25) is 0 Å². The van der Waals surface area contributed by atoms with Gasteiger partial charge < -0.3 is 9.73 Å². The molecule has 9 heteroatoms. The van der Waals surface area contributed by atoms with Crippen LogP contribution in [-0.2, 0) is 22.3 Å². The highest BCUT2D eigenvalue weighted by molar-refractivity contribution is 9.10. The van der Waals surface area contributed by atoms with Crippen molar-refractivity contribution in [1.29, 1.82) is 0 Å². The van der Waals surface area contributed by atoms with Gasteiger partial charge in [-0.3, -0.25) is 9.00 Å². The molecule has 1 amide bonds. The number of benzene rings is 1. The van der Waals surface area contributed by atoms with E-state index in [4.69, 9.17) is 4.42 Å². The van der Waals surface area contributed by atoms with Gasteiger partial charge in [-0.2, -0.15) is 5.10 Å². The Labute approximate surface area is 152 Å². The molecular weight excluding hydrogens is 413 g/mol. The summed E-state index contributed by atoms with van der Waals surface area (Å²) in [4.78, 5) is 12.4. The fourth-order valence-corrected chi connectivity index (χ4v) is 4.20. The third-order valence-corrected chi connectivity index (χ3v) is 5.40. The number of halogens is 2. The first-order valence-electron chi connectivity index (χ1n) is 7.29. The van der Waals surface area contributed by atoms with Crippen molar-refractivity contribution in [2.45, 2.75) is 11.5 Å². The minimum absolute atomic E-state index is 0.131. The number of aromatic nitrogens is 2. The van der Waals surface area contributed by atoms with Gasteiger partial charge in [-0.1, -0.05) is 0 Å². The monoisotopic (exact) mass is 423 g/mol. The van der Waals surface area contributed by atoms with E-state index in [-0.39, 0.29) is 11.6 Å². The first-order chi connectivity index (χ1) is 12.0. The summed E-state index contributed by atoms with van der Waals surface area (Å²) in [6, 6.07) is 8.91. The standard InChI is InChI=1S/C16H11BrFN3O3S/c17-14-6-5-13(24-14)16(22)19-15-11-7-25(23)8-12(11)20-21(15)10-3-1-9(18)2-4-10/h1-6H,7-8H2,(H,19,22). The SMILES string of the molecule is O=C(Nc1c2c(nn1-c1ccc(F)cc1)CS(=O)C2)c1ccc(Br)o1. The Morgan fingerprint density at radius 2 is 2.00 bits per heavy atom. The van der Waals surface area contributed by atoms with Crippen molar-refractivity contribution in [2.24, 2.45) is 0 Å². The summed E-state index contributed by atoms with van der Waals surface area (Å²) in [6.07, 6.45) is 0. The molecule has 0 saturated carbocycles. The van der Waals surface area contributed by atoms with Crippen molar-refractivity contribution in [1.82, 2.24) is 9.78 Å². The Balaban J connectivity index is 1.75. The lowest BCUT2D eigenvalue weighted by Crippen LogP contribution is -2.16. The number of amides is 1. The van der Waals surface area contributed by atoms with E-state index in [0.29, 0.717) is 33.4 Å². The van der Waals surface area contributed by atoms with Crippen LogP contribution in [0.3, 0.4) is 0 Å². The topological polar surface area (TPSA) is 77.1 Å². The molecule has 2 aromatic heterocycles. The van der Waals surface area contributed by atoms with E-state index in [1.54, 1.807) is 18.2 Å². The van der Waals surface area contributed by atoms with Crippen molar-refractivity contribution in [2.75, 3.05) is 5.32 Å². The van der Waals surface area contributed by atoms with Crippen molar-refractivity contribution in [3.05, 3.63) is 63.9 Å². The van der Waals surface area contributed by atoms with Gasteiger partial charge in [-0.05, 0) is 52.3 Å². The molecule has 1 unspecified atom stereocenters. The van der Waals surface area contributed by atoms with Gasteiger partial charge in [0.05, 0.1) is 22.9 Å². The van der Waals surface area contributed by atoms with Crippen LogP contribution in [0.15, 0.2) is 45.5 Å². The second-order valence-electron chi connectivity index (χ2n) is 5.45. The van der Waals surface area contributed by atoms with E-state index >= 15 is 0 Å². The van der Waals surface area contributed by atoms with Crippen molar-refractivity contribution >= 4 is 38.5 Å². The average Bonchev–Trinajstić information content (AvgIpc) is 3.24. The fraction of sp³-hybridized carbons (Fsp3) is 0.125. The largest absolute Gasteiger partial charge is 0.444 e. The third-order valence-electron chi connectivity index (χ3n) is 3.77. The zero-order chi connectivity index (χ0) is 17.6. The number of furan rings is 1. The summed E-state index contributed by atoms with van der Waals surface area (Å²) in [5, 5.41) is 7.21. The van der Waals surface area contributed by atoms with Crippen LogP contribution in [0.4, 0.5) is 10.2 Å². The number of nitrogens with one attached hydrogen (secondary N) is 1. The predicted molar refractivity (Wildman–Crippen MR) is 93.4 cm³/mol. The molecule has 0 aliphatic carbocycles. The lowest BCUT2D eigenvalue weighted by Gasteiger charge is -2.10. The van der Waals surface area contributed by atoms with E-state index in [1.807, 2.05) is 0 Å². The highest BCUT2D eigenvalue weighted by Gasteiger charge is 2.29. The molecule has 1 aliphatic heterocycles. The van der Waals surface area contributed by atoms with Crippen molar-refractivity contribution in [3.63, 3.8) is 0 Å². The molecule has 128 valence electrons. The second-order valence-corrected chi connectivity index (χ2v) is 7.69. The summed E-state index contributed by atoms with van der Waals surface area (Å²) in [5.41, 5.74) is 1.98. The van der Waals surface area contributed by atoms with Crippen LogP contribution in [0.5, 0.6) is 0 Å². The van der Waals surface area contributed by atoms with Gasteiger partial charge in [-0.15, -0.1) is 0 Å². The van der Waals surface area contributed by atoms with E-state index < -0.39 is 16.7 Å². The van der Waals surface area contributed by atoms with Gasteiger partial charge in [0, 0.05) is 16.4 Å². The molecule has 3 aromatic rings. The highest BCUT2D eigenvalue weighted by Crippen LogP contribution is 2.31. The summed E-state index contributed by atoms with van der Waals surface area (Å²) in [5.74, 6) is 0.383. The van der Waals surface area contributed by atoms with Gasteiger partial charge in [-0.25, -0.2) is 9.07 Å². The van der Waals surface area contributed by atoms with Gasteiger partial charge in [0.25, 0.3) is 5.91 Å². The molecule has 0 radical (unpaired) electrons. The quantitative estimate of drug-likeness (QED) is 0.700. The molecule has 0 fully saturated rings. The molecular formula is C16H11BrFN3O3S. The van der Waals surface area contributed by atoms with E-state index in [0.717, 1.165) is 5.56 Å². The minimum Gasteiger partial charge on any atom is -0.444 e. The molecule has 1 aliphatic rings. The molecule has 1 atom stereocenters. The maximum atomic E-state index is 13.2. The zero-order valence-corrected chi connectivity index (χ0v) is 15.1. The van der Waals surface area contributed by atoms with Gasteiger partial charge >= 0.3 is 0 Å². The van der Waals surface area contributed by atoms with E-state index in [2.05, 4.69) is 26.3 Å². The smallest absolute Gasteiger partial charge is 0.292 e. The Morgan fingerprint density at radius 1 is 1.24 bits per heavy atom. The van der Waals surface area contributed by atoms with Crippen molar-refractivity contribution < 1.29 is 17.8 Å². The average molecular weight is 424 g/mol. The van der Waals surface area contributed by atoms with Gasteiger partial charge in [0.15, 0.2) is 10.4 Å². The predicted octanol–water partition coefficient (Wildman–Crippen LogP) is 3.38. The molecule has 0 saturated heterocycles. The van der Waals surface area contributed by atoms with Gasteiger partial charge in [0.1, 0.15) is 11.6 Å². The summed E-state index contributed by atoms with van der Waals surface area (Å²) >= 11 is 3.15. The number of fused-ring (bicyclic) bond motifs is 1. The summed E-state index contributed by atoms with van der Waals surface area (Å²) in [6.45, 7) is 0. The van der Waals surface area contributed by atoms with Crippen LogP contribution in [0, 0.1) is 5.82 Å². The minimum atomic E-state index is -1.04. The Morgan fingerprint density at radius 3 is 2.68 bits per heavy atom. The number of anilines is 1. The number of carbonyl (C=O) groups excluding carboxylic acids is 1. The van der Waals surface area contributed by atoms with Crippen molar-refractivity contribution in [3.8, 4) is 5.69 Å². The first-order valence-corrected chi connectivity index (χ1v) is 9.58. The van der Waals surface area contributed by atoms with Crippen LogP contribution in [-0.4, -0.2) is 19.9 Å². The molecule has 25 heavy (non-hydrogen) atoms. The Hall–Kier alpha value is -2.26. The highest BCUT2D eigenvalue weighted by atomic mass is 79.9. The van der Waals surface area contributed by atoms with E-state index in [9.17, 15) is 13.4 Å².